The van der Waals surface area contributed by atoms with Crippen LogP contribution in [0.4, 0.5) is 11.4 Å². The lowest BCUT2D eigenvalue weighted by atomic mass is 10.1. The number of amides is 2. The molecule has 160 valence electrons. The largest absolute Gasteiger partial charge is 0.457 e. The third-order valence-corrected chi connectivity index (χ3v) is 4.71. The van der Waals surface area contributed by atoms with Crippen molar-refractivity contribution in [3.8, 4) is 11.5 Å². The van der Waals surface area contributed by atoms with Gasteiger partial charge in [0.2, 0.25) is 5.91 Å². The van der Waals surface area contributed by atoms with Gasteiger partial charge < -0.3 is 20.7 Å². The first kappa shape index (κ1) is 21.9. The third kappa shape index (κ3) is 6.89. The van der Waals surface area contributed by atoms with Gasteiger partial charge in [-0.2, -0.15) is 0 Å². The van der Waals surface area contributed by atoms with Crippen LogP contribution >= 0.6 is 0 Å². The summed E-state index contributed by atoms with van der Waals surface area (Å²) in [6.07, 6.45) is 0.878. The Hall–Kier alpha value is -3.80. The summed E-state index contributed by atoms with van der Waals surface area (Å²) in [6.45, 7) is 4.10. The summed E-state index contributed by atoms with van der Waals surface area (Å²) < 4.78 is 5.74. The van der Waals surface area contributed by atoms with Gasteiger partial charge in [0.15, 0.2) is 0 Å². The fourth-order valence-corrected chi connectivity index (χ4v) is 2.77. The Labute approximate surface area is 182 Å². The van der Waals surface area contributed by atoms with Gasteiger partial charge in [0, 0.05) is 23.0 Å². The Kier molecular flexibility index (Phi) is 7.65. The normalized spacial score (nSPS) is 11.3. The molecule has 0 aliphatic rings. The minimum Gasteiger partial charge on any atom is -0.457 e. The molecule has 6 nitrogen and oxygen atoms in total. The minimum absolute atomic E-state index is 0.0988. The predicted molar refractivity (Wildman–Crippen MR) is 124 cm³/mol. The van der Waals surface area contributed by atoms with Gasteiger partial charge in [-0.05, 0) is 74.0 Å². The molecule has 2 amide bonds. The first-order valence-electron chi connectivity index (χ1n) is 10.3. The number of hydrogen-bond acceptors (Lipinski definition) is 4. The molecule has 0 heterocycles. The first-order chi connectivity index (χ1) is 15.0. The number of nitrogens with one attached hydrogen (secondary N) is 3. The van der Waals surface area contributed by atoms with Crippen molar-refractivity contribution in [2.24, 2.45) is 0 Å². The SMILES string of the molecule is CCC(C)NC(=O)c1ccc(NCC(=O)Nc2ccc(Oc3ccccc3)cc2)cc1. The first-order valence-corrected chi connectivity index (χ1v) is 10.3. The molecule has 1 atom stereocenters. The number of hydrogen-bond donors (Lipinski definition) is 3. The minimum atomic E-state index is -0.171. The highest BCUT2D eigenvalue weighted by molar-refractivity contribution is 5.95. The molecular formula is C25H27N3O3. The topological polar surface area (TPSA) is 79.5 Å². The Morgan fingerprint density at radius 1 is 0.839 bits per heavy atom. The average molecular weight is 418 g/mol. The van der Waals surface area contributed by atoms with Gasteiger partial charge in [0.25, 0.3) is 5.91 Å². The Morgan fingerprint density at radius 2 is 1.45 bits per heavy atom. The molecule has 0 aromatic heterocycles. The second kappa shape index (κ2) is 10.8. The van der Waals surface area contributed by atoms with E-state index in [-0.39, 0.29) is 24.4 Å². The van der Waals surface area contributed by atoms with Crippen molar-refractivity contribution in [2.45, 2.75) is 26.3 Å². The summed E-state index contributed by atoms with van der Waals surface area (Å²) in [5, 5.41) is 8.83. The molecule has 0 aliphatic carbocycles. The zero-order chi connectivity index (χ0) is 22.1. The van der Waals surface area contributed by atoms with Crippen molar-refractivity contribution in [3.63, 3.8) is 0 Å². The standard InChI is InChI=1S/C25H27N3O3/c1-3-18(2)27-25(30)19-9-11-20(12-10-19)26-17-24(29)28-21-13-15-23(16-14-21)31-22-7-5-4-6-8-22/h4-16,18,26H,3,17H2,1-2H3,(H,27,30)(H,28,29). The smallest absolute Gasteiger partial charge is 0.251 e. The quantitative estimate of drug-likeness (QED) is 0.455. The van der Waals surface area contributed by atoms with E-state index in [1.807, 2.05) is 44.2 Å². The lowest BCUT2D eigenvalue weighted by molar-refractivity contribution is -0.114. The zero-order valence-electron chi connectivity index (χ0n) is 17.7. The molecule has 3 aromatic rings. The van der Waals surface area contributed by atoms with Crippen LogP contribution in [0.1, 0.15) is 30.6 Å². The van der Waals surface area contributed by atoms with E-state index >= 15 is 0 Å². The maximum atomic E-state index is 12.2. The van der Waals surface area contributed by atoms with Crippen LogP contribution in [0.2, 0.25) is 0 Å². The van der Waals surface area contributed by atoms with Gasteiger partial charge in [-0.15, -0.1) is 0 Å². The van der Waals surface area contributed by atoms with E-state index in [0.29, 0.717) is 17.0 Å². The highest BCUT2D eigenvalue weighted by atomic mass is 16.5. The molecule has 0 radical (unpaired) electrons. The van der Waals surface area contributed by atoms with Crippen LogP contribution in [0.3, 0.4) is 0 Å². The molecular weight excluding hydrogens is 390 g/mol. The second-order valence-electron chi connectivity index (χ2n) is 7.20. The van der Waals surface area contributed by atoms with Crippen LogP contribution in [-0.2, 0) is 4.79 Å². The average Bonchev–Trinajstić information content (AvgIpc) is 2.80. The van der Waals surface area contributed by atoms with Gasteiger partial charge in [0.1, 0.15) is 11.5 Å². The van der Waals surface area contributed by atoms with Crippen LogP contribution in [-0.4, -0.2) is 24.4 Å². The highest BCUT2D eigenvalue weighted by Gasteiger charge is 2.09. The van der Waals surface area contributed by atoms with E-state index in [2.05, 4.69) is 16.0 Å². The Bertz CT molecular complexity index is 987. The lowest BCUT2D eigenvalue weighted by Gasteiger charge is -2.12. The fourth-order valence-electron chi connectivity index (χ4n) is 2.77. The molecule has 0 bridgehead atoms. The van der Waals surface area contributed by atoms with Crippen molar-refractivity contribution in [1.82, 2.24) is 5.32 Å². The highest BCUT2D eigenvalue weighted by Crippen LogP contribution is 2.22. The van der Waals surface area contributed by atoms with Crippen LogP contribution in [0, 0.1) is 0 Å². The van der Waals surface area contributed by atoms with Gasteiger partial charge >= 0.3 is 0 Å². The summed E-state index contributed by atoms with van der Waals surface area (Å²) in [5.41, 5.74) is 2.04. The van der Waals surface area contributed by atoms with Crippen molar-refractivity contribution >= 4 is 23.2 Å². The Balaban J connectivity index is 1.46. The van der Waals surface area contributed by atoms with Gasteiger partial charge in [-0.1, -0.05) is 25.1 Å². The number of carbonyl (C=O) groups is 2. The summed E-state index contributed by atoms with van der Waals surface area (Å²) in [6, 6.07) is 23.9. The zero-order valence-corrected chi connectivity index (χ0v) is 17.7. The number of rotatable bonds is 9. The van der Waals surface area contributed by atoms with Crippen LogP contribution < -0.4 is 20.7 Å². The van der Waals surface area contributed by atoms with E-state index in [1.165, 1.54) is 0 Å². The summed E-state index contributed by atoms with van der Waals surface area (Å²) in [5.74, 6) is 1.18. The van der Waals surface area contributed by atoms with Gasteiger partial charge in [0.05, 0.1) is 6.54 Å². The summed E-state index contributed by atoms with van der Waals surface area (Å²) >= 11 is 0. The maximum Gasteiger partial charge on any atom is 0.251 e. The van der Waals surface area contributed by atoms with E-state index < -0.39 is 0 Å². The number of carbonyl (C=O) groups excluding carboxylic acids is 2. The Morgan fingerprint density at radius 3 is 2.10 bits per heavy atom. The summed E-state index contributed by atoms with van der Waals surface area (Å²) in [4.78, 5) is 24.3. The second-order valence-corrected chi connectivity index (χ2v) is 7.20. The van der Waals surface area contributed by atoms with Crippen LogP contribution in [0.5, 0.6) is 11.5 Å². The third-order valence-electron chi connectivity index (χ3n) is 4.71. The van der Waals surface area contributed by atoms with Crippen molar-refractivity contribution < 1.29 is 14.3 Å². The lowest BCUT2D eigenvalue weighted by Crippen LogP contribution is -2.31. The molecule has 0 saturated heterocycles. The molecule has 6 heteroatoms. The van der Waals surface area contributed by atoms with Gasteiger partial charge in [-0.3, -0.25) is 9.59 Å². The molecule has 0 saturated carbocycles. The van der Waals surface area contributed by atoms with Crippen molar-refractivity contribution in [2.75, 3.05) is 17.2 Å². The van der Waals surface area contributed by atoms with E-state index in [1.54, 1.807) is 48.5 Å². The molecule has 3 aromatic carbocycles. The van der Waals surface area contributed by atoms with E-state index in [4.69, 9.17) is 4.74 Å². The number of anilines is 2. The molecule has 0 fully saturated rings. The fraction of sp³-hybridized carbons (Fsp3) is 0.200. The molecule has 31 heavy (non-hydrogen) atoms. The monoisotopic (exact) mass is 417 g/mol. The van der Waals surface area contributed by atoms with E-state index in [9.17, 15) is 9.59 Å². The van der Waals surface area contributed by atoms with Crippen LogP contribution in [0.15, 0.2) is 78.9 Å². The van der Waals surface area contributed by atoms with Crippen molar-refractivity contribution in [3.05, 3.63) is 84.4 Å². The van der Waals surface area contributed by atoms with Crippen molar-refractivity contribution in [1.29, 1.82) is 0 Å². The molecule has 3 N–H and O–H groups in total. The van der Waals surface area contributed by atoms with Gasteiger partial charge in [-0.25, -0.2) is 0 Å². The molecule has 3 rings (SSSR count). The maximum absolute atomic E-state index is 12.2. The van der Waals surface area contributed by atoms with E-state index in [0.717, 1.165) is 17.9 Å². The molecule has 1 unspecified atom stereocenters. The van der Waals surface area contributed by atoms with Crippen LogP contribution in [0.25, 0.3) is 0 Å². The molecule has 0 aliphatic heterocycles. The predicted octanol–water partition coefficient (Wildman–Crippen LogP) is 5.06. The number of ether oxygens (including phenoxy) is 1. The number of benzene rings is 3. The number of para-hydroxylation sites is 1. The summed E-state index contributed by atoms with van der Waals surface area (Å²) in [7, 11) is 0. The molecule has 0 spiro atoms.